The third-order valence-corrected chi connectivity index (χ3v) is 3.77. The van der Waals surface area contributed by atoms with Gasteiger partial charge in [-0.05, 0) is 37.5 Å². The molecule has 0 aliphatic carbocycles. The number of nitrogens with zero attached hydrogens (tertiary/aromatic N) is 3. The molecule has 5 heteroatoms. The third kappa shape index (κ3) is 3.47. The zero-order valence-electron chi connectivity index (χ0n) is 12.4. The summed E-state index contributed by atoms with van der Waals surface area (Å²) < 4.78 is 0. The van der Waals surface area contributed by atoms with Crippen LogP contribution in [0.15, 0.2) is 18.2 Å². The maximum Gasteiger partial charge on any atom is 0.156 e. The van der Waals surface area contributed by atoms with Crippen LogP contribution in [0.5, 0.6) is 0 Å². The zero-order chi connectivity index (χ0) is 15.2. The third-order valence-electron chi connectivity index (χ3n) is 3.77. The molecule has 2 rings (SSSR count). The molecule has 1 aromatic carbocycles. The van der Waals surface area contributed by atoms with Crippen LogP contribution in [-0.4, -0.2) is 28.5 Å². The standard InChI is InChI=1S/C16H20N4O/c1-3-12(10-21)6-7-18-16-14-5-4-13(9-17)8-15(14)11(2)19-20-16/h4-5,8,12,21H,3,6-7,10H2,1-2H3,(H,18,20). The van der Waals surface area contributed by atoms with Gasteiger partial charge in [-0.1, -0.05) is 13.3 Å². The Hall–Kier alpha value is -2.19. The van der Waals surface area contributed by atoms with E-state index in [1.165, 1.54) is 0 Å². The van der Waals surface area contributed by atoms with Gasteiger partial charge in [-0.15, -0.1) is 5.10 Å². The van der Waals surface area contributed by atoms with E-state index in [2.05, 4.69) is 28.5 Å². The van der Waals surface area contributed by atoms with E-state index in [-0.39, 0.29) is 6.61 Å². The molecule has 1 atom stereocenters. The minimum absolute atomic E-state index is 0.212. The van der Waals surface area contributed by atoms with Crippen LogP contribution in [-0.2, 0) is 0 Å². The summed E-state index contributed by atoms with van der Waals surface area (Å²) in [7, 11) is 0. The van der Waals surface area contributed by atoms with E-state index in [0.717, 1.165) is 41.7 Å². The topological polar surface area (TPSA) is 81.8 Å². The van der Waals surface area contributed by atoms with Crippen LogP contribution in [0.4, 0.5) is 5.82 Å². The fraction of sp³-hybridized carbons (Fsp3) is 0.438. The summed E-state index contributed by atoms with van der Waals surface area (Å²) in [6.45, 7) is 4.92. The van der Waals surface area contributed by atoms with Crippen LogP contribution in [0.1, 0.15) is 31.0 Å². The molecule has 0 spiro atoms. The highest BCUT2D eigenvalue weighted by Crippen LogP contribution is 2.24. The van der Waals surface area contributed by atoms with Crippen molar-refractivity contribution in [3.8, 4) is 6.07 Å². The first-order valence-corrected chi connectivity index (χ1v) is 7.21. The molecule has 1 unspecified atom stereocenters. The number of hydrogen-bond donors (Lipinski definition) is 2. The van der Waals surface area contributed by atoms with E-state index in [4.69, 9.17) is 5.26 Å². The van der Waals surface area contributed by atoms with E-state index in [1.807, 2.05) is 19.1 Å². The van der Waals surface area contributed by atoms with Crippen molar-refractivity contribution in [1.29, 1.82) is 5.26 Å². The maximum absolute atomic E-state index is 9.20. The molecule has 0 aliphatic rings. The van der Waals surface area contributed by atoms with Crippen molar-refractivity contribution in [3.05, 3.63) is 29.5 Å². The van der Waals surface area contributed by atoms with E-state index in [0.29, 0.717) is 11.5 Å². The average molecular weight is 284 g/mol. The number of aryl methyl sites for hydroxylation is 1. The molecule has 2 aromatic rings. The van der Waals surface area contributed by atoms with E-state index >= 15 is 0 Å². The number of aromatic nitrogens is 2. The lowest BCUT2D eigenvalue weighted by Crippen LogP contribution is -2.13. The SMILES string of the molecule is CCC(CO)CCNc1nnc(C)c2cc(C#N)ccc12. The first kappa shape index (κ1) is 15.2. The highest BCUT2D eigenvalue weighted by Gasteiger charge is 2.09. The molecule has 0 saturated heterocycles. The number of anilines is 1. The van der Waals surface area contributed by atoms with Crippen molar-refractivity contribution in [2.75, 3.05) is 18.5 Å². The van der Waals surface area contributed by atoms with Gasteiger partial charge in [0.2, 0.25) is 0 Å². The Balaban J connectivity index is 2.21. The fourth-order valence-corrected chi connectivity index (χ4v) is 2.30. The van der Waals surface area contributed by atoms with Gasteiger partial charge in [0.1, 0.15) is 0 Å². The predicted molar refractivity (Wildman–Crippen MR) is 83.0 cm³/mol. The van der Waals surface area contributed by atoms with Crippen molar-refractivity contribution in [2.24, 2.45) is 5.92 Å². The minimum Gasteiger partial charge on any atom is -0.396 e. The highest BCUT2D eigenvalue weighted by atomic mass is 16.3. The van der Waals surface area contributed by atoms with Gasteiger partial charge >= 0.3 is 0 Å². The van der Waals surface area contributed by atoms with Gasteiger partial charge < -0.3 is 10.4 Å². The summed E-state index contributed by atoms with van der Waals surface area (Å²) >= 11 is 0. The van der Waals surface area contributed by atoms with Gasteiger partial charge in [0.25, 0.3) is 0 Å². The van der Waals surface area contributed by atoms with Gasteiger partial charge in [-0.25, -0.2) is 0 Å². The zero-order valence-corrected chi connectivity index (χ0v) is 12.4. The lowest BCUT2D eigenvalue weighted by atomic mass is 10.0. The molecule has 1 heterocycles. The Morgan fingerprint density at radius 2 is 2.14 bits per heavy atom. The van der Waals surface area contributed by atoms with Gasteiger partial charge in [-0.3, -0.25) is 0 Å². The lowest BCUT2D eigenvalue weighted by Gasteiger charge is -2.13. The molecule has 0 bridgehead atoms. The summed E-state index contributed by atoms with van der Waals surface area (Å²) in [5, 5.41) is 31.7. The number of nitrogens with one attached hydrogen (secondary N) is 1. The normalized spacial score (nSPS) is 12.1. The van der Waals surface area contributed by atoms with Crippen molar-refractivity contribution in [1.82, 2.24) is 10.2 Å². The number of hydrogen-bond acceptors (Lipinski definition) is 5. The molecule has 2 N–H and O–H groups in total. The predicted octanol–water partition coefficient (Wildman–Crippen LogP) is 2.63. The van der Waals surface area contributed by atoms with Gasteiger partial charge in [-0.2, -0.15) is 10.4 Å². The molecular weight excluding hydrogens is 264 g/mol. The molecule has 21 heavy (non-hydrogen) atoms. The minimum atomic E-state index is 0.212. The van der Waals surface area contributed by atoms with Crippen LogP contribution in [0.2, 0.25) is 0 Å². The Morgan fingerprint density at radius 3 is 2.81 bits per heavy atom. The van der Waals surface area contributed by atoms with Crippen LogP contribution in [0.25, 0.3) is 10.8 Å². The van der Waals surface area contributed by atoms with Gasteiger partial charge in [0.05, 0.1) is 17.3 Å². The molecule has 5 nitrogen and oxygen atoms in total. The number of fused-ring (bicyclic) bond motifs is 1. The van der Waals surface area contributed by atoms with E-state index < -0.39 is 0 Å². The first-order valence-electron chi connectivity index (χ1n) is 7.21. The Bertz CT molecular complexity index is 659. The summed E-state index contributed by atoms with van der Waals surface area (Å²) in [5.41, 5.74) is 1.44. The van der Waals surface area contributed by atoms with E-state index in [1.54, 1.807) is 6.07 Å². The van der Waals surface area contributed by atoms with Crippen molar-refractivity contribution >= 4 is 16.6 Å². The number of nitriles is 1. The van der Waals surface area contributed by atoms with Crippen LogP contribution in [0.3, 0.4) is 0 Å². The molecule has 0 amide bonds. The molecule has 0 saturated carbocycles. The maximum atomic E-state index is 9.20. The fourth-order valence-electron chi connectivity index (χ4n) is 2.30. The van der Waals surface area contributed by atoms with Crippen LogP contribution < -0.4 is 5.32 Å². The molecule has 110 valence electrons. The average Bonchev–Trinajstić information content (AvgIpc) is 2.53. The number of rotatable bonds is 6. The summed E-state index contributed by atoms with van der Waals surface area (Å²) in [5.74, 6) is 1.04. The first-order chi connectivity index (χ1) is 10.2. The van der Waals surface area contributed by atoms with Gasteiger partial charge in [0, 0.05) is 23.9 Å². The van der Waals surface area contributed by atoms with Crippen molar-refractivity contribution in [2.45, 2.75) is 26.7 Å². The largest absolute Gasteiger partial charge is 0.396 e. The second-order valence-electron chi connectivity index (χ2n) is 5.18. The molecule has 0 aliphatic heterocycles. The molecule has 0 fully saturated rings. The number of benzene rings is 1. The summed E-state index contributed by atoms with van der Waals surface area (Å²) in [6, 6.07) is 7.68. The lowest BCUT2D eigenvalue weighted by molar-refractivity contribution is 0.217. The van der Waals surface area contributed by atoms with Crippen molar-refractivity contribution in [3.63, 3.8) is 0 Å². The van der Waals surface area contributed by atoms with Crippen LogP contribution in [0, 0.1) is 24.2 Å². The Morgan fingerprint density at radius 1 is 1.33 bits per heavy atom. The summed E-state index contributed by atoms with van der Waals surface area (Å²) in [4.78, 5) is 0. The second kappa shape index (κ2) is 7.00. The van der Waals surface area contributed by atoms with E-state index in [9.17, 15) is 5.11 Å². The Kier molecular flexibility index (Phi) is 5.07. The Labute approximate surface area is 124 Å². The summed E-state index contributed by atoms with van der Waals surface area (Å²) in [6.07, 6.45) is 1.85. The molecular formula is C16H20N4O. The molecule has 0 radical (unpaired) electrons. The quantitative estimate of drug-likeness (QED) is 0.852. The highest BCUT2D eigenvalue weighted by molar-refractivity contribution is 5.93. The monoisotopic (exact) mass is 284 g/mol. The smallest absolute Gasteiger partial charge is 0.156 e. The number of aliphatic hydroxyl groups excluding tert-OH is 1. The van der Waals surface area contributed by atoms with Gasteiger partial charge in [0.15, 0.2) is 5.82 Å². The number of aliphatic hydroxyl groups is 1. The van der Waals surface area contributed by atoms with Crippen LogP contribution >= 0.6 is 0 Å². The second-order valence-corrected chi connectivity index (χ2v) is 5.18. The van der Waals surface area contributed by atoms with Crippen molar-refractivity contribution < 1.29 is 5.11 Å². The molecule has 1 aromatic heterocycles.